The van der Waals surface area contributed by atoms with E-state index in [9.17, 15) is 19.2 Å². The van der Waals surface area contributed by atoms with Crippen LogP contribution in [0.2, 0.25) is 0 Å². The molecule has 1 N–H and O–H groups in total. The molecule has 1 heterocycles. The van der Waals surface area contributed by atoms with E-state index in [2.05, 4.69) is 21.2 Å². The lowest BCUT2D eigenvalue weighted by atomic mass is 10.1. The summed E-state index contributed by atoms with van der Waals surface area (Å²) < 4.78 is 5.98. The van der Waals surface area contributed by atoms with Crippen LogP contribution in [0.3, 0.4) is 0 Å². The van der Waals surface area contributed by atoms with E-state index in [0.717, 1.165) is 21.3 Å². The number of esters is 1. The number of ether oxygens (including phenoxy) is 1. The summed E-state index contributed by atoms with van der Waals surface area (Å²) in [5.41, 5.74) is 4.12. The number of hydrogen-bond acceptors (Lipinski definition) is 5. The van der Waals surface area contributed by atoms with Crippen LogP contribution in [-0.2, 0) is 14.3 Å². The summed E-state index contributed by atoms with van der Waals surface area (Å²) in [5.74, 6) is -1.77. The van der Waals surface area contributed by atoms with E-state index in [4.69, 9.17) is 4.74 Å². The van der Waals surface area contributed by atoms with Crippen molar-refractivity contribution in [2.75, 3.05) is 23.4 Å². The normalized spacial score (nSPS) is 15.0. The number of benzene rings is 3. The zero-order chi connectivity index (χ0) is 25.8. The van der Waals surface area contributed by atoms with Gasteiger partial charge in [0.1, 0.15) is 0 Å². The molecular weight excluding hydrogens is 524 g/mol. The highest BCUT2D eigenvalue weighted by Crippen LogP contribution is 2.28. The lowest BCUT2D eigenvalue weighted by molar-refractivity contribution is -0.122. The minimum atomic E-state index is -0.635. The Bertz CT molecular complexity index is 1300. The Morgan fingerprint density at radius 3 is 2.19 bits per heavy atom. The van der Waals surface area contributed by atoms with Gasteiger partial charge in [-0.15, -0.1) is 0 Å². The molecule has 7 nitrogen and oxygen atoms in total. The van der Waals surface area contributed by atoms with Crippen LogP contribution in [0.25, 0.3) is 0 Å². The SMILES string of the molecule is Cc1cc(C)cc(N2C[C@H](C(=O)Nc3ccc(C(=O)OCC(=O)c4ccc(Br)cc4)cc3)CC2=O)c1. The third-order valence-corrected chi connectivity index (χ3v) is 6.43. The van der Waals surface area contributed by atoms with Crippen molar-refractivity contribution < 1.29 is 23.9 Å². The number of carbonyl (C=O) groups is 4. The molecule has 0 aliphatic carbocycles. The first-order valence-corrected chi connectivity index (χ1v) is 12.2. The molecule has 0 aromatic heterocycles. The fourth-order valence-electron chi connectivity index (χ4n) is 4.11. The van der Waals surface area contributed by atoms with Gasteiger partial charge in [-0.3, -0.25) is 14.4 Å². The molecule has 3 aromatic carbocycles. The van der Waals surface area contributed by atoms with Crippen LogP contribution in [0.15, 0.2) is 71.2 Å². The third-order valence-electron chi connectivity index (χ3n) is 5.90. The van der Waals surface area contributed by atoms with Crippen LogP contribution in [0, 0.1) is 19.8 Å². The molecule has 3 aromatic rings. The number of nitrogens with one attached hydrogen (secondary N) is 1. The topological polar surface area (TPSA) is 92.8 Å². The Hall–Kier alpha value is -3.78. The fraction of sp³-hybridized carbons (Fsp3) is 0.214. The predicted octanol–water partition coefficient (Wildman–Crippen LogP) is 5.10. The Balaban J connectivity index is 1.31. The van der Waals surface area contributed by atoms with Gasteiger partial charge in [0.25, 0.3) is 0 Å². The summed E-state index contributed by atoms with van der Waals surface area (Å²) in [6, 6.07) is 18.9. The molecule has 4 rings (SSSR count). The maximum atomic E-state index is 12.8. The van der Waals surface area contributed by atoms with Gasteiger partial charge >= 0.3 is 5.97 Å². The number of Topliss-reactive ketones (excluding diaryl/α,β-unsaturated/α-hetero) is 1. The average molecular weight is 549 g/mol. The molecule has 0 unspecified atom stereocenters. The van der Waals surface area contributed by atoms with Gasteiger partial charge in [0.05, 0.1) is 11.5 Å². The summed E-state index contributed by atoms with van der Waals surface area (Å²) >= 11 is 3.31. The van der Waals surface area contributed by atoms with Crippen molar-refractivity contribution in [3.05, 3.63) is 93.5 Å². The van der Waals surface area contributed by atoms with Crippen molar-refractivity contribution >= 4 is 50.9 Å². The van der Waals surface area contributed by atoms with Crippen LogP contribution in [0.4, 0.5) is 11.4 Å². The van der Waals surface area contributed by atoms with Crippen LogP contribution in [-0.4, -0.2) is 36.7 Å². The first-order chi connectivity index (χ1) is 17.2. The largest absolute Gasteiger partial charge is 0.454 e. The molecular formula is C28H25BrN2O5. The number of aryl methyl sites for hydroxylation is 2. The number of rotatable bonds is 7. The monoisotopic (exact) mass is 548 g/mol. The first-order valence-electron chi connectivity index (χ1n) is 11.4. The molecule has 1 saturated heterocycles. The van der Waals surface area contributed by atoms with Gasteiger partial charge in [0, 0.05) is 34.4 Å². The first kappa shape index (κ1) is 25.3. The molecule has 1 fully saturated rings. The minimum Gasteiger partial charge on any atom is -0.454 e. The zero-order valence-electron chi connectivity index (χ0n) is 19.9. The van der Waals surface area contributed by atoms with Gasteiger partial charge in [0.2, 0.25) is 11.8 Å². The van der Waals surface area contributed by atoms with Crippen molar-refractivity contribution in [3.63, 3.8) is 0 Å². The number of anilines is 2. The van der Waals surface area contributed by atoms with E-state index in [0.29, 0.717) is 17.8 Å². The van der Waals surface area contributed by atoms with Crippen molar-refractivity contribution in [2.45, 2.75) is 20.3 Å². The highest BCUT2D eigenvalue weighted by atomic mass is 79.9. The maximum Gasteiger partial charge on any atom is 0.338 e. The van der Waals surface area contributed by atoms with Gasteiger partial charge < -0.3 is 15.0 Å². The average Bonchev–Trinajstić information content (AvgIpc) is 3.24. The quantitative estimate of drug-likeness (QED) is 0.327. The Morgan fingerprint density at radius 1 is 0.944 bits per heavy atom. The molecule has 0 radical (unpaired) electrons. The third kappa shape index (κ3) is 6.07. The highest BCUT2D eigenvalue weighted by molar-refractivity contribution is 9.10. The minimum absolute atomic E-state index is 0.0871. The van der Waals surface area contributed by atoms with E-state index >= 15 is 0 Å². The second-order valence-corrected chi connectivity index (χ2v) is 9.74. The number of halogens is 1. The van der Waals surface area contributed by atoms with E-state index < -0.39 is 11.9 Å². The summed E-state index contributed by atoms with van der Waals surface area (Å²) in [6.07, 6.45) is 0.135. The predicted molar refractivity (Wildman–Crippen MR) is 140 cm³/mol. The van der Waals surface area contributed by atoms with Crippen LogP contribution in [0.1, 0.15) is 38.3 Å². The van der Waals surface area contributed by atoms with Crippen molar-refractivity contribution in [1.82, 2.24) is 0 Å². The molecule has 0 bridgehead atoms. The van der Waals surface area contributed by atoms with Gasteiger partial charge in [-0.25, -0.2) is 4.79 Å². The van der Waals surface area contributed by atoms with E-state index in [-0.39, 0.29) is 36.2 Å². The van der Waals surface area contributed by atoms with Gasteiger partial charge in [-0.2, -0.15) is 0 Å². The zero-order valence-corrected chi connectivity index (χ0v) is 21.5. The smallest absolute Gasteiger partial charge is 0.338 e. The van der Waals surface area contributed by atoms with Crippen LogP contribution >= 0.6 is 15.9 Å². The van der Waals surface area contributed by atoms with Crippen LogP contribution in [0.5, 0.6) is 0 Å². The molecule has 1 aliphatic heterocycles. The number of hydrogen-bond donors (Lipinski definition) is 1. The lowest BCUT2D eigenvalue weighted by Gasteiger charge is -2.18. The molecule has 1 aliphatic rings. The van der Waals surface area contributed by atoms with E-state index in [1.54, 1.807) is 41.3 Å². The number of amides is 2. The molecule has 184 valence electrons. The summed E-state index contributed by atoms with van der Waals surface area (Å²) in [4.78, 5) is 51.5. The maximum absolute atomic E-state index is 12.8. The molecule has 0 spiro atoms. The van der Waals surface area contributed by atoms with Gasteiger partial charge in [-0.1, -0.05) is 34.1 Å². The van der Waals surface area contributed by atoms with Gasteiger partial charge in [-0.05, 0) is 73.5 Å². The second kappa shape index (κ2) is 10.9. The number of ketones is 1. The standard InChI is InChI=1S/C28H25BrN2O5/c1-17-11-18(2)13-24(12-17)31-15-21(14-26(31)33)27(34)30-23-9-5-20(6-10-23)28(35)36-16-25(32)19-3-7-22(29)8-4-19/h3-13,21H,14-16H2,1-2H3,(H,30,34)/t21-/m1/s1. The van der Waals surface area contributed by atoms with E-state index in [1.807, 2.05) is 32.0 Å². The summed E-state index contributed by atoms with van der Waals surface area (Å²) in [7, 11) is 0. The molecule has 1 atom stereocenters. The second-order valence-electron chi connectivity index (χ2n) is 8.82. The summed E-state index contributed by atoms with van der Waals surface area (Å²) in [6.45, 7) is 3.89. The molecule has 2 amide bonds. The van der Waals surface area contributed by atoms with Crippen molar-refractivity contribution in [2.24, 2.45) is 5.92 Å². The van der Waals surface area contributed by atoms with E-state index in [1.165, 1.54) is 12.1 Å². The Labute approximate surface area is 217 Å². The summed E-state index contributed by atoms with van der Waals surface area (Å²) in [5, 5.41) is 2.81. The van der Waals surface area contributed by atoms with Crippen LogP contribution < -0.4 is 10.2 Å². The highest BCUT2D eigenvalue weighted by Gasteiger charge is 2.35. The Morgan fingerprint density at radius 2 is 1.56 bits per heavy atom. The molecule has 36 heavy (non-hydrogen) atoms. The van der Waals surface area contributed by atoms with Crippen molar-refractivity contribution in [3.8, 4) is 0 Å². The van der Waals surface area contributed by atoms with Gasteiger partial charge in [0.15, 0.2) is 12.4 Å². The molecule has 0 saturated carbocycles. The number of nitrogens with zero attached hydrogens (tertiary/aromatic N) is 1. The van der Waals surface area contributed by atoms with Crippen molar-refractivity contribution in [1.29, 1.82) is 0 Å². The number of carbonyl (C=O) groups excluding carboxylic acids is 4. The lowest BCUT2D eigenvalue weighted by Crippen LogP contribution is -2.28. The molecule has 8 heteroatoms. The fourth-order valence-corrected chi connectivity index (χ4v) is 4.37. The Kier molecular flexibility index (Phi) is 7.64.